The number of esters is 1. The molecule has 0 saturated heterocycles. The molecular weight excluding hydrogens is 278 g/mol. The van der Waals surface area contributed by atoms with Crippen molar-refractivity contribution in [1.29, 1.82) is 0 Å². The molecule has 0 spiro atoms. The highest BCUT2D eigenvalue weighted by atomic mass is 16.6. The number of Topliss-reactive ketones (excluding diaryl/α,β-unsaturated/α-hetero) is 1. The lowest BCUT2D eigenvalue weighted by molar-refractivity contribution is -0.384. The van der Waals surface area contributed by atoms with Crippen LogP contribution in [0.4, 0.5) is 11.4 Å². The van der Waals surface area contributed by atoms with E-state index >= 15 is 0 Å². The van der Waals surface area contributed by atoms with Crippen molar-refractivity contribution in [3.8, 4) is 0 Å². The maximum absolute atomic E-state index is 11.6. The molecule has 8 nitrogen and oxygen atoms in total. The Morgan fingerprint density at radius 1 is 1.43 bits per heavy atom. The molecule has 0 N–H and O–H groups in total. The Bertz CT molecular complexity index is 580. The minimum Gasteiger partial charge on any atom is -0.459 e. The molecule has 0 bridgehead atoms. The quantitative estimate of drug-likeness (QED) is 0.191. The normalized spacial score (nSPS) is 11.9. The molecule has 21 heavy (non-hydrogen) atoms. The zero-order valence-corrected chi connectivity index (χ0v) is 11.3. The predicted molar refractivity (Wildman–Crippen MR) is 73.2 cm³/mol. The summed E-state index contributed by atoms with van der Waals surface area (Å²) in [6.07, 6.45) is 1.36. The number of rotatable bonds is 7. The van der Waals surface area contributed by atoms with Crippen LogP contribution in [0.3, 0.4) is 0 Å². The molecule has 1 aromatic carbocycles. The molecule has 0 aliphatic carbocycles. The first-order valence-corrected chi connectivity index (χ1v) is 5.89. The van der Waals surface area contributed by atoms with Crippen molar-refractivity contribution in [2.75, 3.05) is 6.61 Å². The predicted octanol–water partition coefficient (Wildman–Crippen LogP) is 2.37. The molecule has 1 unspecified atom stereocenters. The van der Waals surface area contributed by atoms with E-state index in [0.717, 1.165) is 0 Å². The van der Waals surface area contributed by atoms with Gasteiger partial charge in [0.25, 0.3) is 5.69 Å². The van der Waals surface area contributed by atoms with Crippen LogP contribution in [0.2, 0.25) is 0 Å². The minimum absolute atomic E-state index is 0.0321. The number of carbonyl (C=O) groups excluding carboxylic acids is 2. The van der Waals surface area contributed by atoms with Crippen LogP contribution < -0.4 is 0 Å². The molecule has 0 aliphatic rings. The van der Waals surface area contributed by atoms with E-state index in [1.165, 1.54) is 37.3 Å². The Morgan fingerprint density at radius 2 is 2.05 bits per heavy atom. The van der Waals surface area contributed by atoms with Crippen LogP contribution in [0.1, 0.15) is 6.92 Å². The van der Waals surface area contributed by atoms with Crippen LogP contribution in [-0.4, -0.2) is 29.3 Å². The third-order valence-electron chi connectivity index (χ3n) is 2.30. The number of ether oxygens (including phenoxy) is 1. The van der Waals surface area contributed by atoms with E-state index in [0.29, 0.717) is 0 Å². The van der Waals surface area contributed by atoms with Gasteiger partial charge in [0.05, 0.1) is 10.6 Å². The lowest BCUT2D eigenvalue weighted by atomic mass is 10.2. The summed E-state index contributed by atoms with van der Waals surface area (Å²) < 4.78 is 4.73. The third kappa shape index (κ3) is 4.94. The van der Waals surface area contributed by atoms with Crippen LogP contribution in [0.15, 0.2) is 47.1 Å². The third-order valence-corrected chi connectivity index (χ3v) is 2.30. The van der Waals surface area contributed by atoms with Gasteiger partial charge < -0.3 is 4.74 Å². The summed E-state index contributed by atoms with van der Waals surface area (Å²) in [7, 11) is 0. The average molecular weight is 291 g/mol. The summed E-state index contributed by atoms with van der Waals surface area (Å²) in [5, 5.41) is 17.8. The second kappa shape index (κ2) is 7.63. The number of nitro benzene ring substituents is 1. The molecule has 1 atom stereocenters. The van der Waals surface area contributed by atoms with Crippen LogP contribution >= 0.6 is 0 Å². The molecule has 1 rings (SSSR count). The molecule has 0 aliphatic heterocycles. The van der Waals surface area contributed by atoms with Crippen molar-refractivity contribution in [2.24, 2.45) is 10.2 Å². The first kappa shape index (κ1) is 16.2. The summed E-state index contributed by atoms with van der Waals surface area (Å²) in [6.45, 7) is 4.54. The zero-order valence-electron chi connectivity index (χ0n) is 11.3. The van der Waals surface area contributed by atoms with Crippen molar-refractivity contribution in [3.05, 3.63) is 47.0 Å². The highest BCUT2D eigenvalue weighted by molar-refractivity contribution is 6.02. The Kier molecular flexibility index (Phi) is 5.87. The molecule has 110 valence electrons. The summed E-state index contributed by atoms with van der Waals surface area (Å²) in [6, 6.07) is 3.84. The molecule has 0 heterocycles. The fourth-order valence-electron chi connectivity index (χ4n) is 1.28. The van der Waals surface area contributed by atoms with Gasteiger partial charge in [0.2, 0.25) is 6.04 Å². The maximum atomic E-state index is 11.6. The van der Waals surface area contributed by atoms with Crippen molar-refractivity contribution >= 4 is 23.1 Å². The lowest BCUT2D eigenvalue weighted by Gasteiger charge is -2.06. The second-order valence-corrected chi connectivity index (χ2v) is 3.92. The molecule has 0 fully saturated rings. The molecule has 1 aromatic rings. The number of hydrogen-bond acceptors (Lipinski definition) is 7. The maximum Gasteiger partial charge on any atom is 0.340 e. The molecule has 0 amide bonds. The Balaban J connectivity index is 2.82. The molecule has 0 radical (unpaired) electrons. The Hall–Kier alpha value is -2.90. The van der Waals surface area contributed by atoms with Gasteiger partial charge in [-0.05, 0) is 19.1 Å². The number of nitrogens with zero attached hydrogens (tertiary/aromatic N) is 3. The van der Waals surface area contributed by atoms with E-state index in [4.69, 9.17) is 4.74 Å². The largest absolute Gasteiger partial charge is 0.459 e. The van der Waals surface area contributed by atoms with Gasteiger partial charge in [-0.3, -0.25) is 14.9 Å². The van der Waals surface area contributed by atoms with Crippen LogP contribution in [0.25, 0.3) is 0 Å². The monoisotopic (exact) mass is 291 g/mol. The van der Waals surface area contributed by atoms with Gasteiger partial charge in [-0.25, -0.2) is 4.79 Å². The fraction of sp³-hybridized carbons (Fsp3) is 0.231. The van der Waals surface area contributed by atoms with Crippen LogP contribution in [0, 0.1) is 10.1 Å². The first-order chi connectivity index (χ1) is 9.95. The number of non-ortho nitro benzene ring substituents is 1. The average Bonchev–Trinajstić information content (AvgIpc) is 2.45. The zero-order chi connectivity index (χ0) is 15.8. The number of benzene rings is 1. The van der Waals surface area contributed by atoms with Gasteiger partial charge >= 0.3 is 5.97 Å². The SMILES string of the molecule is C=CCOC(=O)C(N=Nc1ccc([N+](=O)[O-])cc1)C(C)=O. The topological polar surface area (TPSA) is 111 Å². The number of hydrogen-bond donors (Lipinski definition) is 0. The van der Waals surface area contributed by atoms with Gasteiger partial charge in [0.1, 0.15) is 6.61 Å². The smallest absolute Gasteiger partial charge is 0.340 e. The van der Waals surface area contributed by atoms with Crippen LogP contribution in [0.5, 0.6) is 0 Å². The van der Waals surface area contributed by atoms with Crippen LogP contribution in [-0.2, 0) is 14.3 Å². The highest BCUT2D eigenvalue weighted by Gasteiger charge is 2.24. The number of azo groups is 1. The van der Waals surface area contributed by atoms with Gasteiger partial charge in [-0.1, -0.05) is 12.7 Å². The van der Waals surface area contributed by atoms with Crippen molar-refractivity contribution in [2.45, 2.75) is 13.0 Å². The van der Waals surface area contributed by atoms with Gasteiger partial charge in [-0.2, -0.15) is 10.2 Å². The standard InChI is InChI=1S/C13H13N3O5/c1-3-8-21-13(18)12(9(2)17)15-14-10-4-6-11(7-5-10)16(19)20/h3-7,12H,1,8H2,2H3. The Morgan fingerprint density at radius 3 is 2.52 bits per heavy atom. The van der Waals surface area contributed by atoms with E-state index in [-0.39, 0.29) is 18.0 Å². The number of nitro groups is 1. The minimum atomic E-state index is -1.36. The van der Waals surface area contributed by atoms with Crippen molar-refractivity contribution < 1.29 is 19.2 Å². The molecule has 8 heteroatoms. The highest BCUT2D eigenvalue weighted by Crippen LogP contribution is 2.18. The van der Waals surface area contributed by atoms with Gasteiger partial charge in [0, 0.05) is 12.1 Å². The van der Waals surface area contributed by atoms with E-state index in [1.807, 2.05) is 0 Å². The number of carbonyl (C=O) groups is 2. The number of ketones is 1. The molecule has 0 aromatic heterocycles. The Labute approximate surface area is 120 Å². The summed E-state index contributed by atoms with van der Waals surface area (Å²) in [5.41, 5.74) is 0.186. The first-order valence-electron chi connectivity index (χ1n) is 5.89. The van der Waals surface area contributed by atoms with Gasteiger partial charge in [-0.15, -0.1) is 0 Å². The van der Waals surface area contributed by atoms with E-state index < -0.39 is 22.7 Å². The summed E-state index contributed by atoms with van der Waals surface area (Å²) in [5.74, 6) is -1.34. The van der Waals surface area contributed by atoms with Crippen molar-refractivity contribution in [1.82, 2.24) is 0 Å². The fourth-order valence-corrected chi connectivity index (χ4v) is 1.28. The molecule has 0 saturated carbocycles. The van der Waals surface area contributed by atoms with E-state index in [2.05, 4.69) is 16.8 Å². The van der Waals surface area contributed by atoms with E-state index in [9.17, 15) is 19.7 Å². The second-order valence-electron chi connectivity index (χ2n) is 3.92. The lowest BCUT2D eigenvalue weighted by Crippen LogP contribution is -2.28. The molecular formula is C13H13N3O5. The van der Waals surface area contributed by atoms with Gasteiger partial charge in [0.15, 0.2) is 5.78 Å². The van der Waals surface area contributed by atoms with E-state index in [1.54, 1.807) is 0 Å². The summed E-state index contributed by atoms with van der Waals surface area (Å²) in [4.78, 5) is 32.9. The summed E-state index contributed by atoms with van der Waals surface area (Å²) >= 11 is 0. The van der Waals surface area contributed by atoms with Crippen molar-refractivity contribution in [3.63, 3.8) is 0 Å².